The van der Waals surface area contributed by atoms with E-state index in [-0.39, 0.29) is 6.54 Å². The second-order valence-corrected chi connectivity index (χ2v) is 3.19. The van der Waals surface area contributed by atoms with Crippen LogP contribution in [0.15, 0.2) is 6.07 Å². The van der Waals surface area contributed by atoms with E-state index in [9.17, 15) is 0 Å². The Balaban J connectivity index is 3.43. The van der Waals surface area contributed by atoms with Gasteiger partial charge >= 0.3 is 0 Å². The van der Waals surface area contributed by atoms with Crippen LogP contribution in [0.3, 0.4) is 0 Å². The van der Waals surface area contributed by atoms with Gasteiger partial charge in [-0.25, -0.2) is 0 Å². The summed E-state index contributed by atoms with van der Waals surface area (Å²) in [5, 5.41) is 0.404. The lowest BCUT2D eigenvalue weighted by atomic mass is 10.1. The van der Waals surface area contributed by atoms with Crippen molar-refractivity contribution in [1.82, 2.24) is 0 Å². The van der Waals surface area contributed by atoms with Crippen LogP contribution >= 0.6 is 11.6 Å². The van der Waals surface area contributed by atoms with Gasteiger partial charge < -0.3 is 19.9 Å². The van der Waals surface area contributed by atoms with E-state index in [1.165, 1.54) is 14.2 Å². The minimum Gasteiger partial charge on any atom is -0.496 e. The molecule has 5 heteroatoms. The fourth-order valence-corrected chi connectivity index (χ4v) is 1.69. The molecule has 1 aromatic rings. The van der Waals surface area contributed by atoms with Crippen LogP contribution < -0.4 is 19.9 Å². The first-order valence-electron chi connectivity index (χ1n) is 4.37. The normalized spacial score (nSPS) is 9.93. The van der Waals surface area contributed by atoms with Crippen LogP contribution in [0, 0.1) is 0 Å². The van der Waals surface area contributed by atoms with Gasteiger partial charge in [-0.2, -0.15) is 0 Å². The zero-order valence-electron chi connectivity index (χ0n) is 8.96. The summed E-state index contributed by atoms with van der Waals surface area (Å²) in [4.78, 5) is 0. The molecule has 0 aliphatic carbocycles. The molecule has 0 atom stereocenters. The Morgan fingerprint density at radius 3 is 2.13 bits per heavy atom. The van der Waals surface area contributed by atoms with E-state index in [0.29, 0.717) is 22.3 Å². The Hall–Kier alpha value is -1.13. The number of halogens is 1. The first kappa shape index (κ1) is 11.9. The molecule has 15 heavy (non-hydrogen) atoms. The lowest BCUT2D eigenvalue weighted by Crippen LogP contribution is -2.04. The van der Waals surface area contributed by atoms with Gasteiger partial charge in [0.1, 0.15) is 22.3 Å². The van der Waals surface area contributed by atoms with Crippen LogP contribution in [0.5, 0.6) is 17.2 Å². The third kappa shape index (κ3) is 2.11. The molecule has 0 bridgehead atoms. The molecule has 0 fully saturated rings. The van der Waals surface area contributed by atoms with Gasteiger partial charge in [-0.05, 0) is 0 Å². The summed E-state index contributed by atoms with van der Waals surface area (Å²) in [5.74, 6) is 1.61. The van der Waals surface area contributed by atoms with Crippen LogP contribution in [0.1, 0.15) is 5.56 Å². The Morgan fingerprint density at radius 1 is 1.13 bits per heavy atom. The molecule has 4 nitrogen and oxygen atoms in total. The van der Waals surface area contributed by atoms with Crippen molar-refractivity contribution in [3.8, 4) is 17.2 Å². The van der Waals surface area contributed by atoms with E-state index in [1.54, 1.807) is 13.2 Å². The highest BCUT2D eigenvalue weighted by Gasteiger charge is 2.17. The van der Waals surface area contributed by atoms with Crippen molar-refractivity contribution >= 4 is 11.6 Å². The zero-order chi connectivity index (χ0) is 11.4. The molecule has 0 aromatic heterocycles. The fraction of sp³-hybridized carbons (Fsp3) is 0.400. The van der Waals surface area contributed by atoms with Gasteiger partial charge in [0, 0.05) is 12.6 Å². The van der Waals surface area contributed by atoms with Gasteiger partial charge in [-0.3, -0.25) is 0 Å². The van der Waals surface area contributed by atoms with Crippen LogP contribution in [0.2, 0.25) is 5.02 Å². The average molecular weight is 232 g/mol. The molecule has 0 radical (unpaired) electrons. The smallest absolute Gasteiger partial charge is 0.149 e. The molecule has 0 spiro atoms. The molecule has 0 amide bonds. The maximum Gasteiger partial charge on any atom is 0.149 e. The largest absolute Gasteiger partial charge is 0.496 e. The standard InChI is InChI=1S/C10H14ClNO3/c1-13-7-4-8(14-2)9(11)10(15-3)6(7)5-12/h4H,5,12H2,1-3H3. The lowest BCUT2D eigenvalue weighted by Gasteiger charge is -2.15. The summed E-state index contributed by atoms with van der Waals surface area (Å²) in [5.41, 5.74) is 6.33. The zero-order valence-corrected chi connectivity index (χ0v) is 9.72. The highest BCUT2D eigenvalue weighted by Crippen LogP contribution is 2.42. The monoisotopic (exact) mass is 231 g/mol. The molecular formula is C10H14ClNO3. The average Bonchev–Trinajstić information content (AvgIpc) is 2.28. The van der Waals surface area contributed by atoms with Crippen LogP contribution in [0.4, 0.5) is 0 Å². The van der Waals surface area contributed by atoms with Gasteiger partial charge in [-0.1, -0.05) is 11.6 Å². The first-order valence-corrected chi connectivity index (χ1v) is 4.74. The van der Waals surface area contributed by atoms with Crippen LogP contribution in [-0.2, 0) is 6.54 Å². The van der Waals surface area contributed by atoms with E-state index in [0.717, 1.165) is 5.56 Å². The summed E-state index contributed by atoms with van der Waals surface area (Å²) < 4.78 is 15.5. The van der Waals surface area contributed by atoms with Gasteiger partial charge in [0.25, 0.3) is 0 Å². The van der Waals surface area contributed by atoms with Crippen LogP contribution in [-0.4, -0.2) is 21.3 Å². The maximum absolute atomic E-state index is 6.06. The summed E-state index contributed by atoms with van der Waals surface area (Å²) in [7, 11) is 4.61. The third-order valence-electron chi connectivity index (χ3n) is 2.10. The molecule has 2 N–H and O–H groups in total. The Morgan fingerprint density at radius 2 is 1.73 bits per heavy atom. The van der Waals surface area contributed by atoms with Gasteiger partial charge in [0.15, 0.2) is 0 Å². The minimum absolute atomic E-state index is 0.288. The van der Waals surface area contributed by atoms with E-state index in [4.69, 9.17) is 31.5 Å². The number of ether oxygens (including phenoxy) is 3. The van der Waals surface area contributed by atoms with Crippen molar-refractivity contribution in [2.45, 2.75) is 6.54 Å². The molecule has 0 saturated heterocycles. The van der Waals surface area contributed by atoms with E-state index in [1.807, 2.05) is 0 Å². The number of methoxy groups -OCH3 is 3. The molecule has 0 aliphatic heterocycles. The number of hydrogen-bond donors (Lipinski definition) is 1. The Kier molecular flexibility index (Phi) is 4.05. The molecule has 0 heterocycles. The second-order valence-electron chi connectivity index (χ2n) is 2.81. The molecule has 1 aromatic carbocycles. The lowest BCUT2D eigenvalue weighted by molar-refractivity contribution is 0.369. The van der Waals surface area contributed by atoms with E-state index in [2.05, 4.69) is 0 Å². The third-order valence-corrected chi connectivity index (χ3v) is 2.46. The number of hydrogen-bond acceptors (Lipinski definition) is 4. The highest BCUT2D eigenvalue weighted by atomic mass is 35.5. The summed E-state index contributed by atoms with van der Waals surface area (Å²) in [6.45, 7) is 0.288. The van der Waals surface area contributed by atoms with Crippen molar-refractivity contribution in [2.75, 3.05) is 21.3 Å². The van der Waals surface area contributed by atoms with Gasteiger partial charge in [0.2, 0.25) is 0 Å². The van der Waals surface area contributed by atoms with Crippen molar-refractivity contribution in [2.24, 2.45) is 5.73 Å². The quantitative estimate of drug-likeness (QED) is 0.859. The molecule has 0 unspecified atom stereocenters. The maximum atomic E-state index is 6.06. The molecule has 1 rings (SSSR count). The van der Waals surface area contributed by atoms with Crippen molar-refractivity contribution in [3.63, 3.8) is 0 Å². The topological polar surface area (TPSA) is 53.7 Å². The predicted molar refractivity (Wildman–Crippen MR) is 59.0 cm³/mol. The summed E-state index contributed by atoms with van der Waals surface area (Å²) in [6.07, 6.45) is 0. The van der Waals surface area contributed by atoms with Gasteiger partial charge in [-0.15, -0.1) is 0 Å². The predicted octanol–water partition coefficient (Wildman–Crippen LogP) is 1.82. The first-order chi connectivity index (χ1) is 7.19. The molecular weight excluding hydrogens is 218 g/mol. The minimum atomic E-state index is 0.288. The molecule has 84 valence electrons. The summed E-state index contributed by atoms with van der Waals surface area (Å²) in [6, 6.07) is 1.69. The number of rotatable bonds is 4. The van der Waals surface area contributed by atoms with Crippen molar-refractivity contribution in [3.05, 3.63) is 16.7 Å². The Labute approximate surface area is 93.9 Å². The fourth-order valence-electron chi connectivity index (χ4n) is 1.36. The van der Waals surface area contributed by atoms with Gasteiger partial charge in [0.05, 0.1) is 26.9 Å². The van der Waals surface area contributed by atoms with Crippen molar-refractivity contribution in [1.29, 1.82) is 0 Å². The second kappa shape index (κ2) is 5.09. The number of nitrogens with two attached hydrogens (primary N) is 1. The van der Waals surface area contributed by atoms with E-state index >= 15 is 0 Å². The highest BCUT2D eigenvalue weighted by molar-refractivity contribution is 6.33. The Bertz CT molecular complexity index is 355. The number of benzene rings is 1. The van der Waals surface area contributed by atoms with Crippen molar-refractivity contribution < 1.29 is 14.2 Å². The SMILES string of the molecule is COc1cc(OC)c(CN)c(OC)c1Cl. The summed E-state index contributed by atoms with van der Waals surface area (Å²) >= 11 is 6.06. The van der Waals surface area contributed by atoms with Crippen LogP contribution in [0.25, 0.3) is 0 Å². The molecule has 0 saturated carbocycles. The molecule has 0 aliphatic rings. The van der Waals surface area contributed by atoms with E-state index < -0.39 is 0 Å².